The smallest absolute Gasteiger partial charge is 0.268 e. The van der Waals surface area contributed by atoms with E-state index in [1.54, 1.807) is 30.3 Å². The highest BCUT2D eigenvalue weighted by atomic mass is 19.1. The molecule has 2 aromatic rings. The second-order valence-electron chi connectivity index (χ2n) is 5.69. The van der Waals surface area contributed by atoms with Gasteiger partial charge in [0.25, 0.3) is 5.91 Å². The minimum absolute atomic E-state index is 0.278. The van der Waals surface area contributed by atoms with E-state index in [2.05, 4.69) is 10.5 Å². The summed E-state index contributed by atoms with van der Waals surface area (Å²) in [5, 5.41) is 6.68. The van der Waals surface area contributed by atoms with Gasteiger partial charge in [-0.1, -0.05) is 17.3 Å². The average Bonchev–Trinajstić information content (AvgIpc) is 3.12. The van der Waals surface area contributed by atoms with E-state index < -0.39 is 6.10 Å². The maximum absolute atomic E-state index is 13.3. The molecular weight excluding hydrogens is 327 g/mol. The minimum atomic E-state index is -0.758. The highest BCUT2D eigenvalue weighted by molar-refractivity contribution is 6.06. The summed E-state index contributed by atoms with van der Waals surface area (Å²) in [4.78, 5) is 17.6. The van der Waals surface area contributed by atoms with Gasteiger partial charge in [0.15, 0.2) is 11.5 Å². The molecule has 1 atom stereocenters. The van der Waals surface area contributed by atoms with Crippen molar-refractivity contribution in [3.8, 4) is 11.5 Å². The summed E-state index contributed by atoms with van der Waals surface area (Å²) >= 11 is 0. The minimum Gasteiger partial charge on any atom is -0.486 e. The fourth-order valence-electron chi connectivity index (χ4n) is 2.70. The quantitative estimate of drug-likeness (QED) is 0.931. The molecule has 4 rings (SSSR count). The van der Waals surface area contributed by atoms with Crippen LogP contribution in [0, 0.1) is 5.82 Å². The average molecular weight is 342 g/mol. The third kappa shape index (κ3) is 3.26. The normalized spacial score (nSPS) is 18.3. The van der Waals surface area contributed by atoms with Crippen LogP contribution in [0.15, 0.2) is 47.6 Å². The van der Waals surface area contributed by atoms with Crippen molar-refractivity contribution in [2.75, 3.05) is 18.5 Å². The number of carbonyl (C=O) groups excluding carboxylic acids is 1. The van der Waals surface area contributed by atoms with Crippen molar-refractivity contribution >= 4 is 17.3 Å². The molecule has 0 fully saturated rings. The molecule has 0 unspecified atom stereocenters. The van der Waals surface area contributed by atoms with Crippen LogP contribution in [0.4, 0.5) is 10.1 Å². The molecule has 2 aliphatic heterocycles. The molecule has 0 saturated heterocycles. The zero-order valence-corrected chi connectivity index (χ0v) is 13.2. The van der Waals surface area contributed by atoms with Gasteiger partial charge in [-0.2, -0.15) is 0 Å². The molecule has 0 saturated carbocycles. The number of anilines is 1. The van der Waals surface area contributed by atoms with E-state index >= 15 is 0 Å². The van der Waals surface area contributed by atoms with Gasteiger partial charge in [0.2, 0.25) is 6.10 Å². The van der Waals surface area contributed by atoms with Gasteiger partial charge in [-0.3, -0.25) is 4.79 Å². The summed E-state index contributed by atoms with van der Waals surface area (Å²) in [5.41, 5.74) is 1.73. The maximum Gasteiger partial charge on any atom is 0.268 e. The predicted molar refractivity (Wildman–Crippen MR) is 88.5 cm³/mol. The maximum atomic E-state index is 13.3. The van der Waals surface area contributed by atoms with Crippen molar-refractivity contribution in [3.05, 3.63) is 53.8 Å². The van der Waals surface area contributed by atoms with Gasteiger partial charge in [0.1, 0.15) is 19.0 Å². The Morgan fingerprint density at radius 1 is 1.12 bits per heavy atom. The lowest BCUT2D eigenvalue weighted by Gasteiger charge is -2.19. The Balaban J connectivity index is 1.41. The molecule has 2 heterocycles. The van der Waals surface area contributed by atoms with Gasteiger partial charge >= 0.3 is 0 Å². The molecule has 7 heteroatoms. The number of carbonyl (C=O) groups is 1. The van der Waals surface area contributed by atoms with Gasteiger partial charge in [-0.15, -0.1) is 0 Å². The molecule has 2 aromatic carbocycles. The van der Waals surface area contributed by atoms with Crippen LogP contribution in [0.5, 0.6) is 11.5 Å². The summed E-state index contributed by atoms with van der Waals surface area (Å²) in [6.45, 7) is 0.982. The zero-order chi connectivity index (χ0) is 17.2. The largest absolute Gasteiger partial charge is 0.486 e. The Hall–Kier alpha value is -3.09. The predicted octanol–water partition coefficient (Wildman–Crippen LogP) is 2.73. The zero-order valence-electron chi connectivity index (χ0n) is 13.2. The van der Waals surface area contributed by atoms with E-state index in [1.165, 1.54) is 12.1 Å². The van der Waals surface area contributed by atoms with Crippen molar-refractivity contribution in [2.24, 2.45) is 5.16 Å². The van der Waals surface area contributed by atoms with Crippen LogP contribution in [0.25, 0.3) is 0 Å². The van der Waals surface area contributed by atoms with Crippen LogP contribution in [-0.2, 0) is 9.63 Å². The molecule has 6 nitrogen and oxygen atoms in total. The van der Waals surface area contributed by atoms with Gasteiger partial charge in [-0.25, -0.2) is 4.39 Å². The molecule has 0 spiro atoms. The number of hydrogen-bond donors (Lipinski definition) is 1. The third-order valence-electron chi connectivity index (χ3n) is 3.93. The van der Waals surface area contributed by atoms with Gasteiger partial charge < -0.3 is 19.6 Å². The first kappa shape index (κ1) is 15.4. The summed E-state index contributed by atoms with van der Waals surface area (Å²) < 4.78 is 24.2. The number of rotatable bonds is 3. The summed E-state index contributed by atoms with van der Waals surface area (Å²) in [6, 6.07) is 11.2. The summed E-state index contributed by atoms with van der Waals surface area (Å²) in [5.74, 6) is 0.558. The first-order valence-electron chi connectivity index (χ1n) is 7.88. The number of nitrogens with zero attached hydrogens (tertiary/aromatic N) is 1. The highest BCUT2D eigenvalue weighted by Gasteiger charge is 2.29. The van der Waals surface area contributed by atoms with Crippen LogP contribution in [0.3, 0.4) is 0 Å². The third-order valence-corrected chi connectivity index (χ3v) is 3.93. The Morgan fingerprint density at radius 2 is 1.96 bits per heavy atom. The van der Waals surface area contributed by atoms with Gasteiger partial charge in [-0.05, 0) is 24.3 Å². The Bertz CT molecular complexity index is 853. The fraction of sp³-hybridized carbons (Fsp3) is 0.222. The van der Waals surface area contributed by atoms with Crippen molar-refractivity contribution < 1.29 is 23.5 Å². The molecule has 0 radical (unpaired) electrons. The Kier molecular flexibility index (Phi) is 3.97. The summed E-state index contributed by atoms with van der Waals surface area (Å²) in [7, 11) is 0. The highest BCUT2D eigenvalue weighted by Crippen LogP contribution is 2.32. The van der Waals surface area contributed by atoms with Crippen molar-refractivity contribution in [2.45, 2.75) is 12.5 Å². The molecule has 128 valence electrons. The second kappa shape index (κ2) is 6.43. The van der Waals surface area contributed by atoms with Crippen molar-refractivity contribution in [1.82, 2.24) is 0 Å². The summed E-state index contributed by atoms with van der Waals surface area (Å²) in [6.07, 6.45) is -0.480. The van der Waals surface area contributed by atoms with Crippen molar-refractivity contribution in [3.63, 3.8) is 0 Å². The van der Waals surface area contributed by atoms with Crippen molar-refractivity contribution in [1.29, 1.82) is 0 Å². The number of ether oxygens (including phenoxy) is 2. The van der Waals surface area contributed by atoms with Crippen LogP contribution in [-0.4, -0.2) is 30.9 Å². The molecule has 0 aliphatic carbocycles. The molecule has 25 heavy (non-hydrogen) atoms. The number of oxime groups is 1. The number of hydrogen-bond acceptors (Lipinski definition) is 5. The van der Waals surface area contributed by atoms with E-state index in [0.717, 1.165) is 0 Å². The fourth-order valence-corrected chi connectivity index (χ4v) is 2.70. The van der Waals surface area contributed by atoms with Crippen LogP contribution in [0.2, 0.25) is 0 Å². The van der Waals surface area contributed by atoms with Crippen LogP contribution >= 0.6 is 0 Å². The van der Waals surface area contributed by atoms with Gasteiger partial charge in [0.05, 0.1) is 5.71 Å². The number of fused-ring (bicyclic) bond motifs is 1. The Labute approximate surface area is 143 Å². The number of halogens is 1. The second-order valence-corrected chi connectivity index (χ2v) is 5.69. The lowest BCUT2D eigenvalue weighted by Crippen LogP contribution is -2.28. The number of amides is 1. The van der Waals surface area contributed by atoms with Crippen LogP contribution in [0.1, 0.15) is 12.0 Å². The lowest BCUT2D eigenvalue weighted by atomic mass is 10.0. The van der Waals surface area contributed by atoms with E-state index in [-0.39, 0.29) is 18.1 Å². The molecule has 0 bridgehead atoms. The molecule has 2 aliphatic rings. The Morgan fingerprint density at radius 3 is 2.80 bits per heavy atom. The SMILES string of the molecule is O=C(Nc1ccc2c(c1)OCCO2)[C@H]1CC(c2cccc(F)c2)=NO1. The van der Waals surface area contributed by atoms with E-state index in [0.29, 0.717) is 41.7 Å². The van der Waals surface area contributed by atoms with Crippen LogP contribution < -0.4 is 14.8 Å². The monoisotopic (exact) mass is 342 g/mol. The topological polar surface area (TPSA) is 69.2 Å². The van der Waals surface area contributed by atoms with E-state index in [9.17, 15) is 9.18 Å². The lowest BCUT2D eigenvalue weighted by molar-refractivity contribution is -0.125. The van der Waals surface area contributed by atoms with E-state index in [4.69, 9.17) is 14.3 Å². The van der Waals surface area contributed by atoms with E-state index in [1.807, 2.05) is 0 Å². The molecular formula is C18H15FN2O4. The number of nitrogens with one attached hydrogen (secondary N) is 1. The molecule has 1 N–H and O–H groups in total. The van der Waals surface area contributed by atoms with Gasteiger partial charge in [0, 0.05) is 23.7 Å². The standard InChI is InChI=1S/C18H15FN2O4/c19-12-3-1-2-11(8-12)14-10-17(25-21-14)18(22)20-13-4-5-15-16(9-13)24-7-6-23-15/h1-5,8-9,17H,6-7,10H2,(H,20,22)/t17-/m1/s1. The number of benzene rings is 2. The molecule has 0 aromatic heterocycles. The molecule has 1 amide bonds. The first-order chi connectivity index (χ1) is 12.2. The first-order valence-corrected chi connectivity index (χ1v) is 7.88.